The maximum absolute atomic E-state index is 5.59. The molecular weight excluding hydrogens is 194 g/mol. The van der Waals surface area contributed by atoms with Gasteiger partial charge in [-0.25, -0.2) is 0 Å². The molecule has 1 unspecified atom stereocenters. The Morgan fingerprint density at radius 3 is 3.00 bits per heavy atom. The first-order valence-corrected chi connectivity index (χ1v) is 7.13. The van der Waals surface area contributed by atoms with Crippen molar-refractivity contribution in [1.82, 2.24) is 5.32 Å². The first kappa shape index (κ1) is 12.3. The van der Waals surface area contributed by atoms with E-state index in [-0.39, 0.29) is 0 Å². The van der Waals surface area contributed by atoms with E-state index in [2.05, 4.69) is 11.6 Å². The predicted molar refractivity (Wildman–Crippen MR) is 64.1 cm³/mol. The molecule has 0 bridgehead atoms. The van der Waals surface area contributed by atoms with E-state index in [4.69, 9.17) is 4.74 Å². The molecule has 84 valence electrons. The Labute approximate surface area is 92.2 Å². The lowest BCUT2D eigenvalue weighted by Gasteiger charge is -2.23. The second kappa shape index (κ2) is 8.57. The van der Waals surface area contributed by atoms with Gasteiger partial charge in [-0.15, -0.1) is 0 Å². The van der Waals surface area contributed by atoms with E-state index in [0.717, 1.165) is 19.3 Å². The summed E-state index contributed by atoms with van der Waals surface area (Å²) in [6.45, 7) is 3.08. The molecule has 3 heteroatoms. The third-order valence-electron chi connectivity index (χ3n) is 2.66. The van der Waals surface area contributed by atoms with E-state index in [0.29, 0.717) is 0 Å². The summed E-state index contributed by atoms with van der Waals surface area (Å²) in [7, 11) is 0. The summed E-state index contributed by atoms with van der Waals surface area (Å²) >= 11 is 1.90. The number of rotatable bonds is 7. The molecular formula is C11H23NOS. The van der Waals surface area contributed by atoms with Crippen molar-refractivity contribution in [2.24, 2.45) is 0 Å². The molecule has 1 rings (SSSR count). The van der Waals surface area contributed by atoms with Crippen molar-refractivity contribution in [2.45, 2.75) is 38.1 Å². The topological polar surface area (TPSA) is 21.3 Å². The van der Waals surface area contributed by atoms with Crippen LogP contribution >= 0.6 is 11.8 Å². The highest BCUT2D eigenvalue weighted by Gasteiger charge is 2.11. The van der Waals surface area contributed by atoms with Gasteiger partial charge in [0, 0.05) is 19.3 Å². The second-order valence-corrected chi connectivity index (χ2v) is 4.88. The van der Waals surface area contributed by atoms with E-state index >= 15 is 0 Å². The van der Waals surface area contributed by atoms with Crippen LogP contribution in [0.1, 0.15) is 32.1 Å². The van der Waals surface area contributed by atoms with E-state index in [1.165, 1.54) is 44.4 Å². The predicted octanol–water partition coefficient (Wildman–Crippen LogP) is 2.29. The van der Waals surface area contributed by atoms with Gasteiger partial charge < -0.3 is 10.1 Å². The molecule has 0 radical (unpaired) electrons. The number of piperidine rings is 1. The molecule has 0 aromatic rings. The normalized spacial score (nSPS) is 22.5. The van der Waals surface area contributed by atoms with Crippen LogP contribution in [0.2, 0.25) is 0 Å². The number of thioether (sulfide) groups is 1. The average molecular weight is 217 g/mol. The molecule has 0 spiro atoms. The van der Waals surface area contributed by atoms with Crippen molar-refractivity contribution in [1.29, 1.82) is 0 Å². The quantitative estimate of drug-likeness (QED) is 0.661. The van der Waals surface area contributed by atoms with Gasteiger partial charge in [0.1, 0.15) is 0 Å². The van der Waals surface area contributed by atoms with Gasteiger partial charge in [0.2, 0.25) is 0 Å². The SMILES string of the molecule is CSCCCOCCC1CCCCN1. The van der Waals surface area contributed by atoms with Crippen LogP contribution in [-0.2, 0) is 4.74 Å². The van der Waals surface area contributed by atoms with E-state index in [1.54, 1.807) is 0 Å². The van der Waals surface area contributed by atoms with Crippen LogP contribution < -0.4 is 5.32 Å². The Hall–Kier alpha value is 0.270. The van der Waals surface area contributed by atoms with Gasteiger partial charge in [0.05, 0.1) is 0 Å². The van der Waals surface area contributed by atoms with Crippen molar-refractivity contribution in [3.05, 3.63) is 0 Å². The van der Waals surface area contributed by atoms with Gasteiger partial charge in [0.15, 0.2) is 0 Å². The third-order valence-corrected chi connectivity index (χ3v) is 3.36. The highest BCUT2D eigenvalue weighted by Crippen LogP contribution is 2.09. The van der Waals surface area contributed by atoms with E-state index < -0.39 is 0 Å². The molecule has 1 fully saturated rings. The van der Waals surface area contributed by atoms with Crippen molar-refractivity contribution in [2.75, 3.05) is 31.8 Å². The molecule has 0 amide bonds. The van der Waals surface area contributed by atoms with Crippen molar-refractivity contribution < 1.29 is 4.74 Å². The van der Waals surface area contributed by atoms with Crippen LogP contribution in [0.15, 0.2) is 0 Å². The minimum absolute atomic E-state index is 0.726. The van der Waals surface area contributed by atoms with Crippen molar-refractivity contribution in [3.8, 4) is 0 Å². The van der Waals surface area contributed by atoms with Gasteiger partial charge in [0.25, 0.3) is 0 Å². The molecule has 1 atom stereocenters. The molecule has 1 N–H and O–H groups in total. The molecule has 0 aromatic heterocycles. The Morgan fingerprint density at radius 2 is 2.29 bits per heavy atom. The standard InChI is InChI=1S/C11H23NOS/c1-14-10-4-8-13-9-6-11-5-2-3-7-12-11/h11-12H,2-10H2,1H3. The fourth-order valence-electron chi connectivity index (χ4n) is 1.80. The Morgan fingerprint density at radius 1 is 1.36 bits per heavy atom. The van der Waals surface area contributed by atoms with Crippen LogP contribution in [0.4, 0.5) is 0 Å². The van der Waals surface area contributed by atoms with Crippen LogP contribution in [0.3, 0.4) is 0 Å². The Bertz CT molecular complexity index is 126. The Balaban J connectivity index is 1.82. The number of hydrogen-bond donors (Lipinski definition) is 1. The van der Waals surface area contributed by atoms with Crippen LogP contribution in [0.5, 0.6) is 0 Å². The Kier molecular flexibility index (Phi) is 7.55. The van der Waals surface area contributed by atoms with Gasteiger partial charge in [-0.05, 0) is 44.2 Å². The summed E-state index contributed by atoms with van der Waals surface area (Å²) in [6.07, 6.45) is 8.62. The minimum atomic E-state index is 0.726. The molecule has 1 saturated heterocycles. The third kappa shape index (κ3) is 5.89. The highest BCUT2D eigenvalue weighted by atomic mass is 32.2. The lowest BCUT2D eigenvalue weighted by Crippen LogP contribution is -2.34. The highest BCUT2D eigenvalue weighted by molar-refractivity contribution is 7.98. The van der Waals surface area contributed by atoms with Crippen LogP contribution in [0.25, 0.3) is 0 Å². The molecule has 2 nitrogen and oxygen atoms in total. The summed E-state index contributed by atoms with van der Waals surface area (Å²) in [5, 5.41) is 3.54. The van der Waals surface area contributed by atoms with Gasteiger partial charge in [-0.3, -0.25) is 0 Å². The van der Waals surface area contributed by atoms with Crippen LogP contribution in [0, 0.1) is 0 Å². The number of hydrogen-bond acceptors (Lipinski definition) is 3. The van der Waals surface area contributed by atoms with Crippen molar-refractivity contribution in [3.63, 3.8) is 0 Å². The molecule has 0 aliphatic carbocycles. The van der Waals surface area contributed by atoms with Crippen molar-refractivity contribution >= 4 is 11.8 Å². The summed E-state index contributed by atoms with van der Waals surface area (Å²) in [5.74, 6) is 1.22. The monoisotopic (exact) mass is 217 g/mol. The maximum atomic E-state index is 5.59. The maximum Gasteiger partial charge on any atom is 0.0480 e. The van der Waals surface area contributed by atoms with Gasteiger partial charge in [-0.2, -0.15) is 11.8 Å². The molecule has 0 aromatic carbocycles. The van der Waals surface area contributed by atoms with Gasteiger partial charge in [-0.1, -0.05) is 6.42 Å². The minimum Gasteiger partial charge on any atom is -0.381 e. The smallest absolute Gasteiger partial charge is 0.0480 e. The number of nitrogens with one attached hydrogen (secondary N) is 1. The average Bonchev–Trinajstić information content (AvgIpc) is 2.25. The van der Waals surface area contributed by atoms with Crippen LogP contribution in [-0.4, -0.2) is 37.8 Å². The van der Waals surface area contributed by atoms with Gasteiger partial charge >= 0.3 is 0 Å². The fourth-order valence-corrected chi connectivity index (χ4v) is 2.21. The molecule has 14 heavy (non-hydrogen) atoms. The zero-order valence-electron chi connectivity index (χ0n) is 9.26. The lowest BCUT2D eigenvalue weighted by molar-refractivity contribution is 0.122. The van der Waals surface area contributed by atoms with E-state index in [1.807, 2.05) is 11.8 Å². The summed E-state index contributed by atoms with van der Waals surface area (Å²) in [6, 6.07) is 0.726. The lowest BCUT2D eigenvalue weighted by atomic mass is 10.0. The second-order valence-electron chi connectivity index (χ2n) is 3.89. The summed E-state index contributed by atoms with van der Waals surface area (Å²) in [5.41, 5.74) is 0. The summed E-state index contributed by atoms with van der Waals surface area (Å²) in [4.78, 5) is 0. The molecule has 1 aliphatic rings. The van der Waals surface area contributed by atoms with E-state index in [9.17, 15) is 0 Å². The largest absolute Gasteiger partial charge is 0.381 e. The zero-order valence-corrected chi connectivity index (χ0v) is 10.1. The molecule has 1 aliphatic heterocycles. The number of ether oxygens (including phenoxy) is 1. The molecule has 0 saturated carbocycles. The zero-order chi connectivity index (χ0) is 10.1. The fraction of sp³-hybridized carbons (Fsp3) is 1.00. The first-order chi connectivity index (χ1) is 6.93. The molecule has 1 heterocycles. The summed E-state index contributed by atoms with van der Waals surface area (Å²) < 4.78 is 5.59. The first-order valence-electron chi connectivity index (χ1n) is 5.73.